The molecule has 0 bridgehead atoms. The van der Waals surface area contributed by atoms with Crippen molar-refractivity contribution >= 4 is 5.69 Å². The van der Waals surface area contributed by atoms with E-state index in [2.05, 4.69) is 39.6 Å². The zero-order valence-corrected chi connectivity index (χ0v) is 11.9. The number of anilines is 1. The minimum atomic E-state index is 0.333. The number of hydrogen-bond donors (Lipinski definition) is 2. The van der Waals surface area contributed by atoms with Gasteiger partial charge in [0.25, 0.3) is 0 Å². The van der Waals surface area contributed by atoms with Crippen LogP contribution in [-0.4, -0.2) is 33.9 Å². The fourth-order valence-corrected chi connectivity index (χ4v) is 2.58. The topological polar surface area (TPSA) is 62.8 Å². The molecule has 0 spiro atoms. The van der Waals surface area contributed by atoms with Gasteiger partial charge in [-0.3, -0.25) is 5.10 Å². The molecule has 2 atom stereocenters. The Morgan fingerprint density at radius 2 is 2.30 bits per heavy atom. The van der Waals surface area contributed by atoms with Crippen molar-refractivity contribution in [2.75, 3.05) is 11.9 Å². The van der Waals surface area contributed by atoms with E-state index in [9.17, 15) is 0 Å². The Morgan fingerprint density at radius 3 is 3.05 bits per heavy atom. The van der Waals surface area contributed by atoms with Crippen LogP contribution in [0.1, 0.15) is 25.6 Å². The van der Waals surface area contributed by atoms with Crippen molar-refractivity contribution in [2.24, 2.45) is 0 Å². The van der Waals surface area contributed by atoms with Gasteiger partial charge < -0.3 is 10.1 Å². The van der Waals surface area contributed by atoms with Crippen molar-refractivity contribution in [1.29, 1.82) is 0 Å². The lowest BCUT2D eigenvalue weighted by Gasteiger charge is -2.28. The normalized spacial score (nSPS) is 22.7. The molecule has 0 amide bonds. The van der Waals surface area contributed by atoms with Crippen molar-refractivity contribution in [3.63, 3.8) is 0 Å². The molecule has 1 saturated heterocycles. The Labute approximate surface area is 118 Å². The summed E-state index contributed by atoms with van der Waals surface area (Å²) in [5.74, 6) is 1.57. The standard InChI is InChI=1S/C15H20N4O/c1-10-8-14(6-7-20-10)17-13-5-3-4-12(9-13)15-16-11(2)18-19-15/h3-5,9-10,14,17H,6-8H2,1-2H3,(H,16,18,19). The average molecular weight is 272 g/mol. The first-order valence-corrected chi connectivity index (χ1v) is 7.08. The maximum Gasteiger partial charge on any atom is 0.181 e. The van der Waals surface area contributed by atoms with Gasteiger partial charge in [0.05, 0.1) is 6.10 Å². The zero-order chi connectivity index (χ0) is 13.9. The number of hydrogen-bond acceptors (Lipinski definition) is 4. The molecule has 106 valence electrons. The lowest BCUT2D eigenvalue weighted by atomic mass is 10.0. The Kier molecular flexibility index (Phi) is 3.69. The molecule has 0 saturated carbocycles. The summed E-state index contributed by atoms with van der Waals surface area (Å²) >= 11 is 0. The molecular formula is C15H20N4O. The number of H-pyrrole nitrogens is 1. The maximum absolute atomic E-state index is 5.58. The SMILES string of the molecule is Cc1nc(-c2cccc(NC3CCOC(C)C3)c2)n[nH]1. The van der Waals surface area contributed by atoms with E-state index >= 15 is 0 Å². The number of benzene rings is 1. The molecule has 1 aliphatic heterocycles. The van der Waals surface area contributed by atoms with Crippen LogP contribution in [0.25, 0.3) is 11.4 Å². The van der Waals surface area contributed by atoms with Gasteiger partial charge >= 0.3 is 0 Å². The fourth-order valence-electron chi connectivity index (χ4n) is 2.58. The van der Waals surface area contributed by atoms with Crippen LogP contribution >= 0.6 is 0 Å². The summed E-state index contributed by atoms with van der Waals surface area (Å²) in [5.41, 5.74) is 2.14. The molecular weight excluding hydrogens is 252 g/mol. The second-order valence-electron chi connectivity index (χ2n) is 5.37. The third kappa shape index (κ3) is 2.99. The molecule has 2 aromatic rings. The predicted octanol–water partition coefficient (Wildman–Crippen LogP) is 2.76. The van der Waals surface area contributed by atoms with Crippen molar-refractivity contribution in [1.82, 2.24) is 15.2 Å². The number of nitrogens with zero attached hydrogens (tertiary/aromatic N) is 2. The summed E-state index contributed by atoms with van der Waals surface area (Å²) in [6.45, 7) is 4.86. The molecule has 1 fully saturated rings. The van der Waals surface area contributed by atoms with Gasteiger partial charge in [0.15, 0.2) is 5.82 Å². The van der Waals surface area contributed by atoms with Gasteiger partial charge in [-0.25, -0.2) is 4.98 Å². The van der Waals surface area contributed by atoms with Crippen molar-refractivity contribution in [2.45, 2.75) is 38.8 Å². The fraction of sp³-hybridized carbons (Fsp3) is 0.467. The third-order valence-electron chi connectivity index (χ3n) is 3.57. The van der Waals surface area contributed by atoms with E-state index in [1.807, 2.05) is 19.1 Å². The van der Waals surface area contributed by atoms with Gasteiger partial charge in [-0.2, -0.15) is 5.10 Å². The highest BCUT2D eigenvalue weighted by atomic mass is 16.5. The van der Waals surface area contributed by atoms with E-state index in [1.165, 1.54) is 0 Å². The highest BCUT2D eigenvalue weighted by molar-refractivity contribution is 5.62. The predicted molar refractivity (Wildman–Crippen MR) is 78.6 cm³/mol. The van der Waals surface area contributed by atoms with Crippen LogP contribution in [0.15, 0.2) is 24.3 Å². The smallest absolute Gasteiger partial charge is 0.181 e. The van der Waals surface area contributed by atoms with Gasteiger partial charge in [-0.05, 0) is 38.8 Å². The van der Waals surface area contributed by atoms with Crippen molar-refractivity contribution < 1.29 is 4.74 Å². The van der Waals surface area contributed by atoms with Crippen molar-refractivity contribution in [3.05, 3.63) is 30.1 Å². The molecule has 1 aromatic carbocycles. The second-order valence-corrected chi connectivity index (χ2v) is 5.37. The van der Waals surface area contributed by atoms with Crippen LogP contribution in [-0.2, 0) is 4.74 Å². The lowest BCUT2D eigenvalue weighted by molar-refractivity contribution is 0.0232. The quantitative estimate of drug-likeness (QED) is 0.902. The first kappa shape index (κ1) is 13.1. The molecule has 2 heterocycles. The van der Waals surface area contributed by atoms with E-state index in [0.29, 0.717) is 12.1 Å². The van der Waals surface area contributed by atoms with Gasteiger partial charge in [0, 0.05) is 23.9 Å². The highest BCUT2D eigenvalue weighted by Gasteiger charge is 2.19. The van der Waals surface area contributed by atoms with Crippen LogP contribution in [0, 0.1) is 6.92 Å². The van der Waals surface area contributed by atoms with Crippen molar-refractivity contribution in [3.8, 4) is 11.4 Å². The molecule has 3 rings (SSSR count). The molecule has 2 unspecified atom stereocenters. The minimum Gasteiger partial charge on any atom is -0.382 e. The first-order valence-electron chi connectivity index (χ1n) is 7.08. The Morgan fingerprint density at radius 1 is 1.40 bits per heavy atom. The maximum atomic E-state index is 5.58. The molecule has 5 heteroatoms. The number of aromatic nitrogens is 3. The molecule has 20 heavy (non-hydrogen) atoms. The molecule has 1 aliphatic rings. The van der Waals surface area contributed by atoms with Crippen LogP contribution in [0.4, 0.5) is 5.69 Å². The first-order chi connectivity index (χ1) is 9.70. The summed E-state index contributed by atoms with van der Waals surface area (Å²) in [7, 11) is 0. The van der Waals surface area contributed by atoms with Crippen LogP contribution < -0.4 is 5.32 Å². The average Bonchev–Trinajstić information content (AvgIpc) is 2.86. The Bertz CT molecular complexity index is 581. The number of ether oxygens (including phenoxy) is 1. The van der Waals surface area contributed by atoms with E-state index in [0.717, 1.165) is 42.3 Å². The molecule has 0 radical (unpaired) electrons. The summed E-state index contributed by atoms with van der Waals surface area (Å²) in [5, 5.41) is 10.7. The Hall–Kier alpha value is -1.88. The van der Waals surface area contributed by atoms with Gasteiger partial charge in [0.2, 0.25) is 0 Å². The van der Waals surface area contributed by atoms with Crippen LogP contribution in [0.2, 0.25) is 0 Å². The zero-order valence-electron chi connectivity index (χ0n) is 11.9. The number of nitrogens with one attached hydrogen (secondary N) is 2. The number of aryl methyl sites for hydroxylation is 1. The summed E-state index contributed by atoms with van der Waals surface area (Å²) in [4.78, 5) is 4.37. The van der Waals surface area contributed by atoms with E-state index < -0.39 is 0 Å². The Balaban J connectivity index is 1.74. The lowest BCUT2D eigenvalue weighted by Crippen LogP contribution is -2.32. The molecule has 5 nitrogen and oxygen atoms in total. The second kappa shape index (κ2) is 5.63. The molecule has 0 aliphatic carbocycles. The minimum absolute atomic E-state index is 0.333. The van der Waals surface area contributed by atoms with Gasteiger partial charge in [-0.15, -0.1) is 0 Å². The molecule has 2 N–H and O–H groups in total. The summed E-state index contributed by atoms with van der Waals surface area (Å²) in [6.07, 6.45) is 2.43. The largest absolute Gasteiger partial charge is 0.382 e. The van der Waals surface area contributed by atoms with Crippen LogP contribution in [0.3, 0.4) is 0 Å². The van der Waals surface area contributed by atoms with Crippen LogP contribution in [0.5, 0.6) is 0 Å². The van der Waals surface area contributed by atoms with Gasteiger partial charge in [0.1, 0.15) is 5.82 Å². The summed E-state index contributed by atoms with van der Waals surface area (Å²) in [6, 6.07) is 8.72. The van der Waals surface area contributed by atoms with E-state index in [1.54, 1.807) is 0 Å². The number of rotatable bonds is 3. The monoisotopic (exact) mass is 272 g/mol. The van der Waals surface area contributed by atoms with E-state index in [4.69, 9.17) is 4.74 Å². The molecule has 1 aromatic heterocycles. The third-order valence-corrected chi connectivity index (χ3v) is 3.57. The van der Waals surface area contributed by atoms with E-state index in [-0.39, 0.29) is 0 Å². The van der Waals surface area contributed by atoms with Gasteiger partial charge in [-0.1, -0.05) is 12.1 Å². The number of aromatic amines is 1. The highest BCUT2D eigenvalue weighted by Crippen LogP contribution is 2.22. The summed E-state index contributed by atoms with van der Waals surface area (Å²) < 4.78 is 5.58.